The Hall–Kier alpha value is -6.50. The third kappa shape index (κ3) is 17.9. The molecular weight excluding hydrogens is 991 g/mol. The van der Waals surface area contributed by atoms with E-state index in [1.54, 1.807) is 36.5 Å². The molecule has 0 saturated carbocycles. The van der Waals surface area contributed by atoms with Gasteiger partial charge in [-0.25, -0.2) is 0 Å². The Kier molecular flexibility index (Phi) is 23.2. The maximum absolute atomic E-state index is 14.8. The van der Waals surface area contributed by atoms with Crippen LogP contribution in [-0.4, -0.2) is 141 Å². The number of benzene rings is 3. The number of aromatic nitrogens is 1. The minimum atomic E-state index is -1.67. The molecule has 1 aliphatic heterocycles. The number of amides is 8. The number of hydrogen-bond acceptors (Lipinski definition) is 14. The lowest BCUT2D eigenvalue weighted by molar-refractivity contribution is -0.137. The third-order valence-corrected chi connectivity index (χ3v) is 14.8. The third-order valence-electron chi connectivity index (χ3n) is 12.3. The van der Waals surface area contributed by atoms with E-state index in [4.69, 9.17) is 17.2 Å². The first-order chi connectivity index (χ1) is 35.4. The van der Waals surface area contributed by atoms with Crippen LogP contribution in [0, 0.1) is 0 Å². The van der Waals surface area contributed by atoms with Gasteiger partial charge in [0.05, 0.1) is 18.2 Å². The van der Waals surface area contributed by atoms with E-state index in [1.807, 2.05) is 54.6 Å². The minimum Gasteiger partial charge on any atom is -0.391 e. The number of carbonyl (C=O) groups excluding carboxylic acids is 8. The zero-order valence-corrected chi connectivity index (χ0v) is 43.1. The fourth-order valence-electron chi connectivity index (χ4n) is 8.20. The molecule has 1 saturated heterocycles. The van der Waals surface area contributed by atoms with E-state index in [0.717, 1.165) is 16.5 Å². The Morgan fingerprint density at radius 1 is 0.703 bits per heavy atom. The van der Waals surface area contributed by atoms with Gasteiger partial charge in [-0.2, -0.15) is 0 Å². The van der Waals surface area contributed by atoms with E-state index in [-0.39, 0.29) is 56.6 Å². The standard InChI is InChI=1S/C51H69N11O10S2/c1-29(63)42(44(54)65)61-48(69)39-21-24-74-73-23-20-38(56-45(66)35(53)25-31-13-5-3-6-14-31)46(67)59-40(26-32-15-7-4-8-16-32)49(70)60-41(27-33-28-55-36-18-10-9-17-34(33)36)50(71)57-37(19-11-12-22-52)47(68)62-43(30(2)64)51(72)58-39/h3-10,13-18,28-30,35,37-43,55,63-64H,11-12,19-27,52-53H2,1-2H3,(H2,54,65)(H,56,66)(H,57,71)(H,58,72)(H,59,67)(H,60,70)(H,61,69)(H,62,68)/t29-,30-,35-,37+,38+,39+,40+,41-,42+,43+/m1/s1. The zero-order chi connectivity index (χ0) is 53.7. The highest BCUT2D eigenvalue weighted by atomic mass is 33.1. The van der Waals surface area contributed by atoms with Gasteiger partial charge in [-0.3, -0.25) is 38.4 Å². The summed E-state index contributed by atoms with van der Waals surface area (Å²) in [6.07, 6.45) is -0.451. The van der Waals surface area contributed by atoms with Gasteiger partial charge in [0, 0.05) is 41.4 Å². The molecular formula is C51H69N11O10S2. The normalized spacial score (nSPS) is 22.6. The largest absolute Gasteiger partial charge is 0.391 e. The summed E-state index contributed by atoms with van der Waals surface area (Å²) in [5, 5.41) is 40.6. The van der Waals surface area contributed by atoms with Gasteiger partial charge in [-0.1, -0.05) is 100 Å². The number of aliphatic hydroxyl groups is 2. The van der Waals surface area contributed by atoms with Crippen LogP contribution in [0.3, 0.4) is 0 Å². The molecule has 1 fully saturated rings. The Morgan fingerprint density at radius 2 is 1.28 bits per heavy atom. The van der Waals surface area contributed by atoms with Crippen molar-refractivity contribution in [2.45, 2.75) is 126 Å². The summed E-state index contributed by atoms with van der Waals surface area (Å²) in [6, 6.07) is 14.4. The van der Waals surface area contributed by atoms with Gasteiger partial charge in [0.15, 0.2) is 0 Å². The second-order valence-electron chi connectivity index (χ2n) is 18.2. The van der Waals surface area contributed by atoms with Gasteiger partial charge in [-0.05, 0) is 81.7 Å². The molecule has 23 heteroatoms. The Labute approximate surface area is 437 Å². The molecule has 0 spiro atoms. The molecule has 4 aromatic rings. The van der Waals surface area contributed by atoms with Crippen molar-refractivity contribution in [3.8, 4) is 0 Å². The topological polar surface area (TPSA) is 355 Å². The van der Waals surface area contributed by atoms with Gasteiger partial charge in [0.1, 0.15) is 42.3 Å². The van der Waals surface area contributed by atoms with Gasteiger partial charge in [-0.15, -0.1) is 0 Å². The molecule has 400 valence electrons. The van der Waals surface area contributed by atoms with Crippen LogP contribution in [0.15, 0.2) is 91.1 Å². The summed E-state index contributed by atoms with van der Waals surface area (Å²) in [6.45, 7) is 2.75. The lowest BCUT2D eigenvalue weighted by atomic mass is 10.0. The number of H-pyrrole nitrogens is 1. The van der Waals surface area contributed by atoms with Crippen LogP contribution in [0.4, 0.5) is 0 Å². The number of primary amides is 1. The number of aliphatic hydroxyl groups excluding tert-OH is 2. The van der Waals surface area contributed by atoms with E-state index in [2.05, 4.69) is 42.2 Å². The highest BCUT2D eigenvalue weighted by Gasteiger charge is 2.36. The number of aromatic amines is 1. The number of fused-ring (bicyclic) bond motifs is 1. The van der Waals surface area contributed by atoms with Crippen LogP contribution in [-0.2, 0) is 57.6 Å². The van der Waals surface area contributed by atoms with E-state index in [0.29, 0.717) is 24.0 Å². The van der Waals surface area contributed by atoms with Crippen LogP contribution < -0.4 is 54.4 Å². The molecule has 10 atom stereocenters. The number of nitrogens with one attached hydrogen (secondary N) is 8. The first kappa shape index (κ1) is 58.4. The smallest absolute Gasteiger partial charge is 0.245 e. The molecule has 74 heavy (non-hydrogen) atoms. The lowest BCUT2D eigenvalue weighted by Crippen LogP contribution is -2.62. The molecule has 0 radical (unpaired) electrons. The second-order valence-corrected chi connectivity index (χ2v) is 20.9. The summed E-state index contributed by atoms with van der Waals surface area (Å²) in [7, 11) is 2.53. The summed E-state index contributed by atoms with van der Waals surface area (Å²) >= 11 is 0. The monoisotopic (exact) mass is 1060 g/mol. The van der Waals surface area contributed by atoms with Crippen molar-refractivity contribution in [1.82, 2.24) is 42.2 Å². The number of carbonyl (C=O) groups is 8. The molecule has 5 rings (SSSR count). The van der Waals surface area contributed by atoms with E-state index in [1.165, 1.54) is 35.4 Å². The van der Waals surface area contributed by atoms with E-state index < -0.39 is 108 Å². The molecule has 2 heterocycles. The van der Waals surface area contributed by atoms with Crippen LogP contribution >= 0.6 is 21.6 Å². The molecule has 8 amide bonds. The van der Waals surface area contributed by atoms with Crippen molar-refractivity contribution in [2.24, 2.45) is 17.2 Å². The van der Waals surface area contributed by atoms with Crippen molar-refractivity contribution in [1.29, 1.82) is 0 Å². The maximum Gasteiger partial charge on any atom is 0.245 e. The summed E-state index contributed by atoms with van der Waals surface area (Å²) in [4.78, 5) is 115. The predicted octanol–water partition coefficient (Wildman–Crippen LogP) is -0.532. The van der Waals surface area contributed by atoms with Crippen LogP contribution in [0.5, 0.6) is 0 Å². The molecule has 0 unspecified atom stereocenters. The first-order valence-electron chi connectivity index (χ1n) is 24.6. The van der Waals surface area contributed by atoms with Crippen molar-refractivity contribution in [3.05, 3.63) is 108 Å². The van der Waals surface area contributed by atoms with Crippen molar-refractivity contribution in [2.75, 3.05) is 18.1 Å². The zero-order valence-electron chi connectivity index (χ0n) is 41.4. The minimum absolute atomic E-state index is 0.0131. The predicted molar refractivity (Wildman–Crippen MR) is 283 cm³/mol. The number of hydrogen-bond donors (Lipinski definition) is 13. The van der Waals surface area contributed by atoms with Crippen molar-refractivity contribution >= 4 is 79.7 Å². The van der Waals surface area contributed by atoms with Crippen LogP contribution in [0.2, 0.25) is 0 Å². The molecule has 1 aliphatic rings. The van der Waals surface area contributed by atoms with Crippen molar-refractivity contribution < 1.29 is 48.6 Å². The number of rotatable bonds is 17. The van der Waals surface area contributed by atoms with Crippen molar-refractivity contribution in [3.63, 3.8) is 0 Å². The molecule has 21 nitrogen and oxygen atoms in total. The molecule has 1 aromatic heterocycles. The Balaban J connectivity index is 1.55. The van der Waals surface area contributed by atoms with Gasteiger partial charge >= 0.3 is 0 Å². The van der Waals surface area contributed by atoms with Crippen LogP contribution in [0.1, 0.15) is 62.6 Å². The highest BCUT2D eigenvalue weighted by molar-refractivity contribution is 8.76. The average Bonchev–Trinajstić information content (AvgIpc) is 3.78. The summed E-state index contributed by atoms with van der Waals surface area (Å²) in [5.41, 5.74) is 20.5. The molecule has 0 bridgehead atoms. The lowest BCUT2D eigenvalue weighted by Gasteiger charge is -2.29. The SMILES string of the molecule is C[C@@H](O)[C@H](NC(=O)[C@@H]1CCSSCC[C@H](NC(=O)[C@H](N)Cc2ccccc2)C(=O)N[C@@H](Cc2ccccc2)C(=O)N[C@H](Cc2c[nH]c3ccccc23)C(=O)N[C@@H](CCCCN)C(=O)N[C@@H]([C@@H](C)O)C(=O)N1)C(N)=O. The van der Waals surface area contributed by atoms with Gasteiger partial charge < -0.3 is 69.6 Å². The summed E-state index contributed by atoms with van der Waals surface area (Å²) in [5.74, 6) is -6.28. The Bertz CT molecular complexity index is 2520. The fourth-order valence-corrected chi connectivity index (χ4v) is 10.4. The average molecular weight is 1060 g/mol. The highest BCUT2D eigenvalue weighted by Crippen LogP contribution is 2.25. The van der Waals surface area contributed by atoms with Gasteiger partial charge in [0.2, 0.25) is 47.3 Å². The second kappa shape index (κ2) is 29.4. The number of para-hydroxylation sites is 1. The fraction of sp³-hybridized carbons (Fsp3) is 0.451. The quantitative estimate of drug-likeness (QED) is 0.0467. The maximum atomic E-state index is 14.8. The summed E-state index contributed by atoms with van der Waals surface area (Å²) < 4.78 is 0. The van der Waals surface area contributed by atoms with E-state index >= 15 is 0 Å². The van der Waals surface area contributed by atoms with Crippen LogP contribution in [0.25, 0.3) is 10.9 Å². The molecule has 3 aromatic carbocycles. The van der Waals surface area contributed by atoms with E-state index in [9.17, 15) is 48.6 Å². The molecule has 0 aliphatic carbocycles. The first-order valence-corrected chi connectivity index (χ1v) is 27.0. The van der Waals surface area contributed by atoms with Gasteiger partial charge in [0.25, 0.3) is 0 Å². The number of nitrogens with two attached hydrogens (primary N) is 3. The Morgan fingerprint density at radius 3 is 1.92 bits per heavy atom. The number of unbranched alkanes of at least 4 members (excludes halogenated alkanes) is 1. The molecule has 16 N–H and O–H groups in total.